The lowest BCUT2D eigenvalue weighted by atomic mass is 10.1. The minimum Gasteiger partial charge on any atom is -0.377 e. The predicted octanol–water partition coefficient (Wildman–Crippen LogP) is 4.35. The van der Waals surface area contributed by atoms with E-state index in [9.17, 15) is 4.39 Å². The zero-order chi connectivity index (χ0) is 13.8. The summed E-state index contributed by atoms with van der Waals surface area (Å²) in [6.07, 6.45) is 0. The number of hydrogen-bond acceptors (Lipinski definition) is 2. The Morgan fingerprint density at radius 2 is 1.89 bits per heavy atom. The summed E-state index contributed by atoms with van der Waals surface area (Å²) < 4.78 is 14.2. The molecule has 0 saturated carbocycles. The molecule has 0 radical (unpaired) electrons. The van der Waals surface area contributed by atoms with E-state index in [1.165, 1.54) is 6.07 Å². The molecule has 0 saturated heterocycles. The first kappa shape index (κ1) is 14.3. The van der Waals surface area contributed by atoms with Crippen molar-refractivity contribution in [2.45, 2.75) is 6.04 Å². The summed E-state index contributed by atoms with van der Waals surface area (Å²) in [5.74, 6) is -0.426. The van der Waals surface area contributed by atoms with E-state index in [1.54, 1.807) is 12.1 Å². The van der Waals surface area contributed by atoms with E-state index >= 15 is 0 Å². The van der Waals surface area contributed by atoms with Gasteiger partial charge in [0.15, 0.2) is 0 Å². The van der Waals surface area contributed by atoms with Crippen LogP contribution in [0.2, 0.25) is 5.02 Å². The molecule has 0 bridgehead atoms. The molecule has 0 amide bonds. The zero-order valence-electron chi connectivity index (χ0n) is 10.0. The van der Waals surface area contributed by atoms with Gasteiger partial charge in [-0.2, -0.15) is 0 Å². The second kappa shape index (κ2) is 6.37. The minimum absolute atomic E-state index is 0.105. The predicted molar refractivity (Wildman–Crippen MR) is 81.0 cm³/mol. The summed E-state index contributed by atoms with van der Waals surface area (Å²) in [6.45, 7) is 0.387. The van der Waals surface area contributed by atoms with Gasteiger partial charge in [-0.3, -0.25) is 0 Å². The number of anilines is 1. The second-order valence-corrected chi connectivity index (χ2v) is 5.44. The van der Waals surface area contributed by atoms with Crippen LogP contribution < -0.4 is 11.1 Å². The van der Waals surface area contributed by atoms with Crippen molar-refractivity contribution < 1.29 is 4.39 Å². The van der Waals surface area contributed by atoms with E-state index < -0.39 is 5.82 Å². The first-order valence-corrected chi connectivity index (χ1v) is 6.94. The fourth-order valence-corrected chi connectivity index (χ4v) is 2.21. The monoisotopic (exact) mass is 342 g/mol. The molecule has 0 heterocycles. The number of rotatable bonds is 4. The lowest BCUT2D eigenvalue weighted by Gasteiger charge is -2.19. The van der Waals surface area contributed by atoms with Crippen LogP contribution in [0.3, 0.4) is 0 Å². The Labute approximate surface area is 124 Å². The maximum atomic E-state index is 13.1. The van der Waals surface area contributed by atoms with Crippen LogP contribution in [0.5, 0.6) is 0 Å². The topological polar surface area (TPSA) is 38.0 Å². The fourth-order valence-electron chi connectivity index (χ4n) is 1.75. The van der Waals surface area contributed by atoms with Crippen molar-refractivity contribution in [1.29, 1.82) is 0 Å². The Hall–Kier alpha value is -1.10. The molecule has 100 valence electrons. The maximum absolute atomic E-state index is 13.1. The molecule has 2 aromatic carbocycles. The number of hydrogen-bond donors (Lipinski definition) is 2. The van der Waals surface area contributed by atoms with E-state index in [4.69, 9.17) is 17.3 Å². The van der Waals surface area contributed by atoms with Gasteiger partial charge in [-0.1, -0.05) is 33.6 Å². The van der Waals surface area contributed by atoms with Gasteiger partial charge in [0.1, 0.15) is 5.82 Å². The van der Waals surface area contributed by atoms with Gasteiger partial charge >= 0.3 is 0 Å². The molecule has 1 atom stereocenters. The molecule has 2 rings (SSSR count). The van der Waals surface area contributed by atoms with Crippen LogP contribution in [0.4, 0.5) is 10.1 Å². The third kappa shape index (κ3) is 3.69. The highest BCUT2D eigenvalue weighted by Gasteiger charge is 2.11. The van der Waals surface area contributed by atoms with Crippen molar-refractivity contribution in [3.8, 4) is 0 Å². The number of nitrogens with one attached hydrogen (secondary N) is 1. The highest BCUT2D eigenvalue weighted by Crippen LogP contribution is 2.24. The first-order chi connectivity index (χ1) is 9.10. The number of nitrogens with two attached hydrogens (primary N) is 1. The average Bonchev–Trinajstić information content (AvgIpc) is 2.41. The van der Waals surface area contributed by atoms with Gasteiger partial charge in [0.25, 0.3) is 0 Å². The van der Waals surface area contributed by atoms with Crippen molar-refractivity contribution in [3.63, 3.8) is 0 Å². The summed E-state index contributed by atoms with van der Waals surface area (Å²) in [5, 5.41) is 3.40. The second-order valence-electron chi connectivity index (χ2n) is 4.11. The molecule has 0 aliphatic carbocycles. The van der Waals surface area contributed by atoms with Gasteiger partial charge in [-0.15, -0.1) is 0 Å². The third-order valence-electron chi connectivity index (χ3n) is 2.77. The van der Waals surface area contributed by atoms with Crippen LogP contribution in [-0.2, 0) is 0 Å². The smallest absolute Gasteiger partial charge is 0.141 e. The Kier molecular flexibility index (Phi) is 4.80. The van der Waals surface area contributed by atoms with Gasteiger partial charge in [-0.25, -0.2) is 4.39 Å². The van der Waals surface area contributed by atoms with Crippen molar-refractivity contribution in [2.24, 2.45) is 5.73 Å². The largest absolute Gasteiger partial charge is 0.377 e. The van der Waals surface area contributed by atoms with Crippen LogP contribution in [0, 0.1) is 5.82 Å². The van der Waals surface area contributed by atoms with E-state index in [-0.39, 0.29) is 11.1 Å². The highest BCUT2D eigenvalue weighted by molar-refractivity contribution is 9.10. The Morgan fingerprint density at radius 1 is 1.21 bits per heavy atom. The van der Waals surface area contributed by atoms with Crippen LogP contribution in [0.25, 0.3) is 0 Å². The normalized spacial score (nSPS) is 12.2. The molecule has 3 N–H and O–H groups in total. The van der Waals surface area contributed by atoms with Crippen LogP contribution in [0.1, 0.15) is 11.6 Å². The fraction of sp³-hybridized carbons (Fsp3) is 0.143. The summed E-state index contributed by atoms with van der Waals surface area (Å²) in [4.78, 5) is 0. The standard InChI is InChI=1S/C14H13BrClFN2/c15-10-2-4-11(5-3-10)19-14(8-18)9-1-6-13(17)12(16)7-9/h1-7,14,19H,8,18H2. The van der Waals surface area contributed by atoms with E-state index in [2.05, 4.69) is 21.2 Å². The SMILES string of the molecule is NCC(Nc1ccc(Br)cc1)c1ccc(F)c(Cl)c1. The molecule has 19 heavy (non-hydrogen) atoms. The minimum atomic E-state index is -0.426. The van der Waals surface area contributed by atoms with E-state index in [0.29, 0.717) is 6.54 Å². The third-order valence-corrected chi connectivity index (χ3v) is 3.59. The summed E-state index contributed by atoms with van der Waals surface area (Å²) in [5.41, 5.74) is 7.56. The Morgan fingerprint density at radius 3 is 2.47 bits per heavy atom. The first-order valence-electron chi connectivity index (χ1n) is 5.77. The summed E-state index contributed by atoms with van der Waals surface area (Å²) in [7, 11) is 0. The molecule has 1 unspecified atom stereocenters. The quantitative estimate of drug-likeness (QED) is 0.866. The Balaban J connectivity index is 2.19. The molecular formula is C14H13BrClFN2. The Bertz CT molecular complexity index is 560. The molecule has 0 spiro atoms. The van der Waals surface area contributed by atoms with Crippen LogP contribution >= 0.6 is 27.5 Å². The maximum Gasteiger partial charge on any atom is 0.141 e. The van der Waals surface area contributed by atoms with Gasteiger partial charge in [-0.05, 0) is 42.0 Å². The summed E-state index contributed by atoms with van der Waals surface area (Å²) >= 11 is 9.17. The highest BCUT2D eigenvalue weighted by atomic mass is 79.9. The van der Waals surface area contributed by atoms with Gasteiger partial charge in [0, 0.05) is 16.7 Å². The molecule has 0 fully saturated rings. The zero-order valence-corrected chi connectivity index (χ0v) is 12.4. The molecular weight excluding hydrogens is 331 g/mol. The molecule has 5 heteroatoms. The lowest BCUT2D eigenvalue weighted by Crippen LogP contribution is -2.20. The molecule has 2 nitrogen and oxygen atoms in total. The van der Waals surface area contributed by atoms with Gasteiger partial charge < -0.3 is 11.1 Å². The van der Waals surface area contributed by atoms with Crippen molar-refractivity contribution in [2.75, 3.05) is 11.9 Å². The van der Waals surface area contributed by atoms with Gasteiger partial charge in [0.2, 0.25) is 0 Å². The lowest BCUT2D eigenvalue weighted by molar-refractivity contribution is 0.626. The van der Waals surface area contributed by atoms with Crippen molar-refractivity contribution in [1.82, 2.24) is 0 Å². The molecule has 0 aliphatic heterocycles. The number of benzene rings is 2. The van der Waals surface area contributed by atoms with E-state index in [1.807, 2.05) is 24.3 Å². The molecule has 2 aromatic rings. The van der Waals surface area contributed by atoms with Crippen molar-refractivity contribution in [3.05, 3.63) is 63.3 Å². The molecule has 0 aromatic heterocycles. The average molecular weight is 344 g/mol. The van der Waals surface area contributed by atoms with Crippen molar-refractivity contribution >= 4 is 33.2 Å². The van der Waals surface area contributed by atoms with Gasteiger partial charge in [0.05, 0.1) is 11.1 Å². The van der Waals surface area contributed by atoms with E-state index in [0.717, 1.165) is 15.7 Å². The van der Waals surface area contributed by atoms with Crippen LogP contribution in [0.15, 0.2) is 46.9 Å². The number of halogens is 3. The molecule has 0 aliphatic rings. The summed E-state index contributed by atoms with van der Waals surface area (Å²) in [6, 6.07) is 12.3. The van der Waals surface area contributed by atoms with Crippen LogP contribution in [-0.4, -0.2) is 6.54 Å².